The maximum atomic E-state index is 12.4. The number of pyridine rings is 1. The summed E-state index contributed by atoms with van der Waals surface area (Å²) in [5.74, 6) is 0.843. The van der Waals surface area contributed by atoms with Crippen LogP contribution in [0.15, 0.2) is 30.6 Å². The Morgan fingerprint density at radius 3 is 2.57 bits per heavy atom. The molecule has 1 amide bonds. The van der Waals surface area contributed by atoms with Gasteiger partial charge in [-0.3, -0.25) is 9.48 Å². The first-order valence-corrected chi connectivity index (χ1v) is 6.89. The van der Waals surface area contributed by atoms with Crippen LogP contribution in [0.3, 0.4) is 0 Å². The van der Waals surface area contributed by atoms with Crippen LogP contribution in [-0.2, 0) is 7.05 Å². The monoisotopic (exact) mass is 286 g/mol. The van der Waals surface area contributed by atoms with E-state index in [9.17, 15) is 4.79 Å². The van der Waals surface area contributed by atoms with Crippen molar-refractivity contribution in [1.29, 1.82) is 0 Å². The number of hydrogen-bond donors (Lipinski definition) is 1. The average molecular weight is 286 g/mol. The van der Waals surface area contributed by atoms with E-state index in [-0.39, 0.29) is 5.91 Å². The molecule has 110 valence electrons. The minimum atomic E-state index is -0.103. The first-order chi connectivity index (χ1) is 10.1. The fourth-order valence-corrected chi connectivity index (χ4v) is 2.50. The van der Waals surface area contributed by atoms with Gasteiger partial charge in [-0.2, -0.15) is 5.10 Å². The maximum absolute atomic E-state index is 12.4. The Kier molecular flexibility index (Phi) is 3.47. The van der Waals surface area contributed by atoms with Crippen molar-refractivity contribution in [3.8, 4) is 0 Å². The van der Waals surface area contributed by atoms with Crippen LogP contribution in [0.4, 0.5) is 11.5 Å². The topological polar surface area (TPSA) is 80.3 Å². The lowest BCUT2D eigenvalue weighted by Crippen LogP contribution is -2.49. The lowest BCUT2D eigenvalue weighted by molar-refractivity contribution is 0.0741. The molecule has 0 radical (unpaired) electrons. The van der Waals surface area contributed by atoms with Gasteiger partial charge in [-0.15, -0.1) is 0 Å². The number of carbonyl (C=O) groups is 1. The van der Waals surface area contributed by atoms with Crippen LogP contribution >= 0.6 is 0 Å². The Bertz CT molecular complexity index is 630. The standard InChI is InChI=1S/C14H18N6O/c1-18-10-11(15)13(17-18)14(21)20-8-6-19(7-9-20)12-4-2-3-5-16-12/h2-5,10H,6-9,15H2,1H3. The third kappa shape index (κ3) is 2.67. The van der Waals surface area contributed by atoms with Gasteiger partial charge in [-0.05, 0) is 12.1 Å². The number of carbonyl (C=O) groups excluding carboxylic acids is 1. The molecular weight excluding hydrogens is 268 g/mol. The van der Waals surface area contributed by atoms with E-state index in [2.05, 4.69) is 15.0 Å². The van der Waals surface area contributed by atoms with Gasteiger partial charge in [0, 0.05) is 45.6 Å². The molecule has 21 heavy (non-hydrogen) atoms. The molecule has 0 aliphatic carbocycles. The molecule has 0 spiro atoms. The zero-order valence-corrected chi connectivity index (χ0v) is 11.9. The predicted octanol–water partition coefficient (Wildman–Crippen LogP) is 0.360. The summed E-state index contributed by atoms with van der Waals surface area (Å²) in [6.45, 7) is 2.81. The van der Waals surface area contributed by atoms with Crippen LogP contribution in [0, 0.1) is 0 Å². The molecule has 7 heteroatoms. The summed E-state index contributed by atoms with van der Waals surface area (Å²) in [5, 5.41) is 4.14. The number of rotatable bonds is 2. The highest BCUT2D eigenvalue weighted by atomic mass is 16.2. The number of piperazine rings is 1. The molecule has 1 saturated heterocycles. The van der Waals surface area contributed by atoms with Gasteiger partial charge in [0.25, 0.3) is 5.91 Å². The molecule has 1 fully saturated rings. The van der Waals surface area contributed by atoms with Crippen molar-refractivity contribution in [1.82, 2.24) is 19.7 Å². The van der Waals surface area contributed by atoms with E-state index in [1.165, 1.54) is 0 Å². The molecule has 2 N–H and O–H groups in total. The van der Waals surface area contributed by atoms with E-state index in [4.69, 9.17) is 5.73 Å². The van der Waals surface area contributed by atoms with Crippen molar-refractivity contribution in [2.75, 3.05) is 36.8 Å². The summed E-state index contributed by atoms with van der Waals surface area (Å²) in [6, 6.07) is 5.84. The number of aryl methyl sites for hydroxylation is 1. The number of nitrogen functional groups attached to an aromatic ring is 1. The van der Waals surface area contributed by atoms with Crippen LogP contribution in [0.5, 0.6) is 0 Å². The van der Waals surface area contributed by atoms with Crippen molar-refractivity contribution in [3.05, 3.63) is 36.3 Å². The largest absolute Gasteiger partial charge is 0.396 e. The first-order valence-electron chi connectivity index (χ1n) is 6.89. The highest BCUT2D eigenvalue weighted by Crippen LogP contribution is 2.16. The second-order valence-electron chi connectivity index (χ2n) is 5.07. The molecule has 0 atom stereocenters. The van der Waals surface area contributed by atoms with Gasteiger partial charge in [-0.25, -0.2) is 4.98 Å². The normalized spacial score (nSPS) is 15.3. The van der Waals surface area contributed by atoms with E-state index >= 15 is 0 Å². The van der Waals surface area contributed by atoms with Gasteiger partial charge >= 0.3 is 0 Å². The van der Waals surface area contributed by atoms with Crippen LogP contribution in [0.25, 0.3) is 0 Å². The molecule has 1 aliphatic heterocycles. The summed E-state index contributed by atoms with van der Waals surface area (Å²) in [6.07, 6.45) is 3.43. The first kappa shape index (κ1) is 13.4. The van der Waals surface area contributed by atoms with E-state index < -0.39 is 0 Å². The van der Waals surface area contributed by atoms with E-state index in [0.717, 1.165) is 18.9 Å². The average Bonchev–Trinajstić information content (AvgIpc) is 2.86. The van der Waals surface area contributed by atoms with Gasteiger partial charge in [0.05, 0.1) is 5.69 Å². The van der Waals surface area contributed by atoms with Gasteiger partial charge in [0.2, 0.25) is 0 Å². The number of aromatic nitrogens is 3. The molecule has 2 aromatic heterocycles. The summed E-state index contributed by atoms with van der Waals surface area (Å²) < 4.78 is 1.56. The minimum Gasteiger partial charge on any atom is -0.396 e. The molecule has 7 nitrogen and oxygen atoms in total. The Morgan fingerprint density at radius 1 is 1.24 bits per heavy atom. The van der Waals surface area contributed by atoms with Gasteiger partial charge in [0.15, 0.2) is 5.69 Å². The molecule has 3 heterocycles. The van der Waals surface area contributed by atoms with Crippen molar-refractivity contribution < 1.29 is 4.79 Å². The van der Waals surface area contributed by atoms with Crippen molar-refractivity contribution in [2.45, 2.75) is 0 Å². The van der Waals surface area contributed by atoms with Crippen molar-refractivity contribution in [3.63, 3.8) is 0 Å². The lowest BCUT2D eigenvalue weighted by atomic mass is 10.2. The Hall–Kier alpha value is -2.57. The SMILES string of the molecule is Cn1cc(N)c(C(=O)N2CCN(c3ccccn3)CC2)n1. The Balaban J connectivity index is 1.66. The Morgan fingerprint density at radius 2 is 2.00 bits per heavy atom. The summed E-state index contributed by atoms with van der Waals surface area (Å²) in [5.41, 5.74) is 6.58. The van der Waals surface area contributed by atoms with E-state index in [0.29, 0.717) is 24.5 Å². The fraction of sp³-hybridized carbons (Fsp3) is 0.357. The molecule has 0 unspecified atom stereocenters. The van der Waals surface area contributed by atoms with Crippen molar-refractivity contribution >= 4 is 17.4 Å². The van der Waals surface area contributed by atoms with Gasteiger partial charge < -0.3 is 15.5 Å². The van der Waals surface area contributed by atoms with Crippen LogP contribution in [0.2, 0.25) is 0 Å². The Labute approximate surface area is 123 Å². The lowest BCUT2D eigenvalue weighted by Gasteiger charge is -2.35. The van der Waals surface area contributed by atoms with E-state index in [1.54, 1.807) is 29.0 Å². The van der Waals surface area contributed by atoms with Gasteiger partial charge in [-0.1, -0.05) is 6.07 Å². The van der Waals surface area contributed by atoms with Gasteiger partial charge in [0.1, 0.15) is 5.82 Å². The zero-order valence-electron chi connectivity index (χ0n) is 11.9. The minimum absolute atomic E-state index is 0.103. The highest BCUT2D eigenvalue weighted by Gasteiger charge is 2.25. The zero-order chi connectivity index (χ0) is 14.8. The molecule has 0 aromatic carbocycles. The van der Waals surface area contributed by atoms with Crippen LogP contribution in [-0.4, -0.2) is 51.8 Å². The second-order valence-corrected chi connectivity index (χ2v) is 5.07. The molecule has 3 rings (SSSR count). The summed E-state index contributed by atoms with van der Waals surface area (Å²) in [7, 11) is 1.76. The summed E-state index contributed by atoms with van der Waals surface area (Å²) >= 11 is 0. The number of anilines is 2. The number of nitrogens with zero attached hydrogens (tertiary/aromatic N) is 5. The quantitative estimate of drug-likeness (QED) is 0.862. The second kappa shape index (κ2) is 5.43. The molecule has 2 aromatic rings. The third-order valence-electron chi connectivity index (χ3n) is 3.60. The number of hydrogen-bond acceptors (Lipinski definition) is 5. The fourth-order valence-electron chi connectivity index (χ4n) is 2.50. The molecule has 0 saturated carbocycles. The molecular formula is C14H18N6O. The molecule has 1 aliphatic rings. The van der Waals surface area contributed by atoms with Crippen molar-refractivity contribution in [2.24, 2.45) is 7.05 Å². The summed E-state index contributed by atoms with van der Waals surface area (Å²) in [4.78, 5) is 20.7. The smallest absolute Gasteiger partial charge is 0.276 e. The third-order valence-corrected chi connectivity index (χ3v) is 3.60. The number of nitrogens with two attached hydrogens (primary N) is 1. The van der Waals surface area contributed by atoms with Crippen LogP contribution < -0.4 is 10.6 Å². The molecule has 0 bridgehead atoms. The predicted molar refractivity (Wildman–Crippen MR) is 80.0 cm³/mol. The highest BCUT2D eigenvalue weighted by molar-refractivity contribution is 5.97. The number of amides is 1. The van der Waals surface area contributed by atoms with E-state index in [1.807, 2.05) is 18.2 Å². The van der Waals surface area contributed by atoms with Crippen LogP contribution in [0.1, 0.15) is 10.5 Å². The maximum Gasteiger partial charge on any atom is 0.276 e.